The second-order valence-corrected chi connectivity index (χ2v) is 5.62. The van der Waals surface area contributed by atoms with E-state index in [-0.39, 0.29) is 5.91 Å². The van der Waals surface area contributed by atoms with Gasteiger partial charge in [-0.3, -0.25) is 9.69 Å². The van der Waals surface area contributed by atoms with Crippen molar-refractivity contribution in [2.45, 2.75) is 19.9 Å². The smallest absolute Gasteiger partial charge is 0.238 e. The van der Waals surface area contributed by atoms with Crippen LogP contribution >= 0.6 is 0 Å². The van der Waals surface area contributed by atoms with Gasteiger partial charge in [-0.2, -0.15) is 0 Å². The molecule has 23 heavy (non-hydrogen) atoms. The number of likely N-dealkylation sites (N-methyl/N-ethyl adjacent to an activating group) is 1. The van der Waals surface area contributed by atoms with Crippen molar-refractivity contribution in [1.29, 1.82) is 0 Å². The molecule has 0 aromatic heterocycles. The summed E-state index contributed by atoms with van der Waals surface area (Å²) in [7, 11) is 3.55. The number of hydrogen-bond donors (Lipinski definition) is 1. The number of benzene rings is 2. The first kappa shape index (κ1) is 17.0. The highest BCUT2D eigenvalue weighted by Crippen LogP contribution is 2.16. The summed E-state index contributed by atoms with van der Waals surface area (Å²) in [5.41, 5.74) is 3.28. The van der Waals surface area contributed by atoms with Crippen LogP contribution in [0, 0.1) is 0 Å². The van der Waals surface area contributed by atoms with Gasteiger partial charge in [0.15, 0.2) is 0 Å². The predicted octanol–water partition coefficient (Wildman–Crippen LogP) is 3.33. The summed E-state index contributed by atoms with van der Waals surface area (Å²) in [6.45, 7) is 3.23. The predicted molar refractivity (Wildman–Crippen MR) is 93.8 cm³/mol. The SMILES string of the molecule is CCc1ccc(CN(C)CC(=O)Nc2cccc(OC)c2)cc1. The minimum Gasteiger partial charge on any atom is -0.497 e. The Morgan fingerprint density at radius 2 is 1.83 bits per heavy atom. The van der Waals surface area contributed by atoms with Gasteiger partial charge in [0.25, 0.3) is 0 Å². The number of ether oxygens (including phenoxy) is 1. The van der Waals surface area contributed by atoms with Crippen LogP contribution in [0.2, 0.25) is 0 Å². The number of rotatable bonds is 7. The fourth-order valence-electron chi connectivity index (χ4n) is 2.39. The van der Waals surface area contributed by atoms with E-state index in [2.05, 4.69) is 36.5 Å². The van der Waals surface area contributed by atoms with Crippen molar-refractivity contribution in [3.63, 3.8) is 0 Å². The molecule has 2 aromatic rings. The quantitative estimate of drug-likeness (QED) is 0.852. The fourth-order valence-corrected chi connectivity index (χ4v) is 2.39. The van der Waals surface area contributed by atoms with Crippen molar-refractivity contribution >= 4 is 11.6 Å². The Labute approximate surface area is 138 Å². The molecular formula is C19H24N2O2. The maximum Gasteiger partial charge on any atom is 0.238 e. The summed E-state index contributed by atoms with van der Waals surface area (Å²) < 4.78 is 5.15. The highest BCUT2D eigenvalue weighted by molar-refractivity contribution is 5.92. The Hall–Kier alpha value is -2.33. The molecule has 0 saturated heterocycles. The van der Waals surface area contributed by atoms with Gasteiger partial charge < -0.3 is 10.1 Å². The van der Waals surface area contributed by atoms with Crippen molar-refractivity contribution in [2.75, 3.05) is 26.0 Å². The van der Waals surface area contributed by atoms with Gasteiger partial charge in [-0.05, 0) is 36.7 Å². The number of nitrogens with one attached hydrogen (secondary N) is 1. The third-order valence-corrected chi connectivity index (χ3v) is 3.65. The van der Waals surface area contributed by atoms with E-state index in [0.717, 1.165) is 24.4 Å². The Balaban J connectivity index is 1.86. The van der Waals surface area contributed by atoms with Crippen LogP contribution in [0.5, 0.6) is 5.75 Å². The van der Waals surface area contributed by atoms with E-state index in [4.69, 9.17) is 4.74 Å². The van der Waals surface area contributed by atoms with Crippen molar-refractivity contribution in [3.8, 4) is 5.75 Å². The lowest BCUT2D eigenvalue weighted by Gasteiger charge is -2.16. The van der Waals surface area contributed by atoms with Gasteiger partial charge in [0.1, 0.15) is 5.75 Å². The van der Waals surface area contributed by atoms with E-state index >= 15 is 0 Å². The van der Waals surface area contributed by atoms with Crippen LogP contribution in [-0.4, -0.2) is 31.5 Å². The fraction of sp³-hybridized carbons (Fsp3) is 0.316. The first-order chi connectivity index (χ1) is 11.1. The molecule has 0 radical (unpaired) electrons. The molecular weight excluding hydrogens is 288 g/mol. The lowest BCUT2D eigenvalue weighted by molar-refractivity contribution is -0.117. The standard InChI is InChI=1S/C19H24N2O2/c1-4-15-8-10-16(11-9-15)13-21(2)14-19(22)20-17-6-5-7-18(12-17)23-3/h5-12H,4,13-14H2,1-3H3,(H,20,22). The molecule has 0 fully saturated rings. The summed E-state index contributed by atoms with van der Waals surface area (Å²) in [6, 6.07) is 15.9. The van der Waals surface area contributed by atoms with Gasteiger partial charge in [-0.1, -0.05) is 37.3 Å². The molecule has 0 aliphatic heterocycles. The van der Waals surface area contributed by atoms with Crippen LogP contribution in [0.15, 0.2) is 48.5 Å². The summed E-state index contributed by atoms with van der Waals surface area (Å²) in [5, 5.41) is 2.89. The largest absolute Gasteiger partial charge is 0.497 e. The average Bonchev–Trinajstić information content (AvgIpc) is 2.55. The van der Waals surface area contributed by atoms with E-state index in [1.807, 2.05) is 30.1 Å². The molecule has 2 rings (SSSR count). The molecule has 1 N–H and O–H groups in total. The number of carbonyl (C=O) groups is 1. The molecule has 0 bridgehead atoms. The molecule has 0 aliphatic rings. The molecule has 0 aliphatic carbocycles. The Morgan fingerprint density at radius 3 is 2.48 bits per heavy atom. The Morgan fingerprint density at radius 1 is 1.13 bits per heavy atom. The lowest BCUT2D eigenvalue weighted by atomic mass is 10.1. The van der Waals surface area contributed by atoms with Crippen LogP contribution < -0.4 is 10.1 Å². The van der Waals surface area contributed by atoms with Gasteiger partial charge in [-0.25, -0.2) is 0 Å². The number of aryl methyl sites for hydroxylation is 1. The molecule has 4 heteroatoms. The van der Waals surface area contributed by atoms with E-state index in [0.29, 0.717) is 6.54 Å². The molecule has 0 atom stereocenters. The van der Waals surface area contributed by atoms with Crippen LogP contribution in [-0.2, 0) is 17.8 Å². The Bertz CT molecular complexity index is 638. The maximum atomic E-state index is 12.1. The normalized spacial score (nSPS) is 10.6. The number of nitrogens with zero attached hydrogens (tertiary/aromatic N) is 1. The van der Waals surface area contributed by atoms with Crippen molar-refractivity contribution in [1.82, 2.24) is 4.90 Å². The average molecular weight is 312 g/mol. The summed E-state index contributed by atoms with van der Waals surface area (Å²) in [5.74, 6) is 0.693. The van der Waals surface area contributed by atoms with Crippen molar-refractivity contribution in [3.05, 3.63) is 59.7 Å². The second-order valence-electron chi connectivity index (χ2n) is 5.62. The summed E-state index contributed by atoms with van der Waals surface area (Å²) in [4.78, 5) is 14.1. The zero-order valence-electron chi connectivity index (χ0n) is 14.0. The second kappa shape index (κ2) is 8.34. The number of amides is 1. The van der Waals surface area contributed by atoms with Gasteiger partial charge in [-0.15, -0.1) is 0 Å². The van der Waals surface area contributed by atoms with E-state index in [9.17, 15) is 4.79 Å². The number of methoxy groups -OCH3 is 1. The van der Waals surface area contributed by atoms with E-state index in [1.165, 1.54) is 11.1 Å². The first-order valence-corrected chi connectivity index (χ1v) is 7.81. The van der Waals surface area contributed by atoms with Gasteiger partial charge in [0.2, 0.25) is 5.91 Å². The van der Waals surface area contributed by atoms with Crippen molar-refractivity contribution < 1.29 is 9.53 Å². The third-order valence-electron chi connectivity index (χ3n) is 3.65. The first-order valence-electron chi connectivity index (χ1n) is 7.81. The molecule has 0 spiro atoms. The highest BCUT2D eigenvalue weighted by atomic mass is 16.5. The summed E-state index contributed by atoms with van der Waals surface area (Å²) >= 11 is 0. The zero-order chi connectivity index (χ0) is 16.7. The highest BCUT2D eigenvalue weighted by Gasteiger charge is 2.08. The monoisotopic (exact) mass is 312 g/mol. The van der Waals surface area contributed by atoms with E-state index in [1.54, 1.807) is 13.2 Å². The van der Waals surface area contributed by atoms with Crippen molar-refractivity contribution in [2.24, 2.45) is 0 Å². The van der Waals surface area contributed by atoms with Crippen LogP contribution in [0.4, 0.5) is 5.69 Å². The number of anilines is 1. The molecule has 2 aromatic carbocycles. The van der Waals surface area contributed by atoms with Crippen LogP contribution in [0.3, 0.4) is 0 Å². The molecule has 1 amide bonds. The zero-order valence-corrected chi connectivity index (χ0v) is 14.0. The molecule has 0 heterocycles. The maximum absolute atomic E-state index is 12.1. The molecule has 4 nitrogen and oxygen atoms in total. The lowest BCUT2D eigenvalue weighted by Crippen LogP contribution is -2.29. The minimum absolute atomic E-state index is 0.0362. The topological polar surface area (TPSA) is 41.6 Å². The Kier molecular flexibility index (Phi) is 6.18. The van der Waals surface area contributed by atoms with Crippen LogP contribution in [0.1, 0.15) is 18.1 Å². The third kappa shape index (κ3) is 5.42. The molecule has 122 valence electrons. The molecule has 0 saturated carbocycles. The van der Waals surface area contributed by atoms with Gasteiger partial charge in [0.05, 0.1) is 13.7 Å². The minimum atomic E-state index is -0.0362. The summed E-state index contributed by atoms with van der Waals surface area (Å²) in [6.07, 6.45) is 1.04. The van der Waals surface area contributed by atoms with Gasteiger partial charge in [0, 0.05) is 18.3 Å². The van der Waals surface area contributed by atoms with Crippen LogP contribution in [0.25, 0.3) is 0 Å². The van der Waals surface area contributed by atoms with Gasteiger partial charge >= 0.3 is 0 Å². The van der Waals surface area contributed by atoms with E-state index < -0.39 is 0 Å². The number of hydrogen-bond acceptors (Lipinski definition) is 3. The molecule has 0 unspecified atom stereocenters. The number of carbonyl (C=O) groups excluding carboxylic acids is 1.